The third-order valence-corrected chi connectivity index (χ3v) is 3.16. The van der Waals surface area contributed by atoms with E-state index in [-0.39, 0.29) is 12.1 Å². The Kier molecular flexibility index (Phi) is 7.46. The molecule has 1 unspecified atom stereocenters. The number of hydrogen-bond donors (Lipinski definition) is 2. The van der Waals surface area contributed by atoms with Gasteiger partial charge in [0.1, 0.15) is 12.0 Å². The molecule has 0 fully saturated rings. The van der Waals surface area contributed by atoms with Crippen LogP contribution >= 0.6 is 0 Å². The van der Waals surface area contributed by atoms with Crippen molar-refractivity contribution in [2.75, 3.05) is 20.3 Å². The van der Waals surface area contributed by atoms with Crippen LogP contribution in [-0.4, -0.2) is 32.4 Å². The number of benzene rings is 1. The van der Waals surface area contributed by atoms with Gasteiger partial charge in [-0.2, -0.15) is 0 Å². The van der Waals surface area contributed by atoms with Crippen molar-refractivity contribution >= 4 is 11.6 Å². The van der Waals surface area contributed by atoms with E-state index < -0.39 is 0 Å². The normalized spacial score (nSPS) is 13.1. The molecule has 1 aromatic carbocycles. The molecule has 0 saturated carbocycles. The first-order valence-electron chi connectivity index (χ1n) is 7.57. The van der Waals surface area contributed by atoms with Gasteiger partial charge in [-0.25, -0.2) is 0 Å². The Morgan fingerprint density at radius 2 is 1.82 bits per heavy atom. The van der Waals surface area contributed by atoms with E-state index in [0.717, 1.165) is 17.0 Å². The number of hydrogen-bond acceptors (Lipinski definition) is 4. The molecule has 0 aliphatic heterocycles. The van der Waals surface area contributed by atoms with E-state index in [4.69, 9.17) is 9.47 Å². The summed E-state index contributed by atoms with van der Waals surface area (Å²) in [5.74, 6) is 0.682. The Bertz CT molecular complexity index is 509. The van der Waals surface area contributed by atoms with Gasteiger partial charge in [-0.15, -0.1) is 0 Å². The van der Waals surface area contributed by atoms with E-state index in [9.17, 15) is 4.79 Å². The van der Waals surface area contributed by atoms with Gasteiger partial charge < -0.3 is 20.1 Å². The van der Waals surface area contributed by atoms with Gasteiger partial charge in [-0.1, -0.05) is 0 Å². The molecule has 2 N–H and O–H groups in total. The molecule has 0 saturated heterocycles. The highest BCUT2D eigenvalue weighted by atomic mass is 16.5. The van der Waals surface area contributed by atoms with Crippen molar-refractivity contribution < 1.29 is 14.3 Å². The third kappa shape index (κ3) is 5.07. The molecule has 1 aromatic rings. The lowest BCUT2D eigenvalue weighted by Crippen LogP contribution is -2.30. The van der Waals surface area contributed by atoms with Crippen molar-refractivity contribution in [3.05, 3.63) is 35.4 Å². The third-order valence-electron chi connectivity index (χ3n) is 3.16. The second-order valence-electron chi connectivity index (χ2n) is 4.78. The van der Waals surface area contributed by atoms with Crippen LogP contribution in [0.5, 0.6) is 5.75 Å². The zero-order chi connectivity index (χ0) is 16.5. The molecule has 1 amide bonds. The molecule has 0 radical (unpaired) electrons. The number of amides is 1. The maximum atomic E-state index is 12.0. The van der Waals surface area contributed by atoms with Crippen molar-refractivity contribution in [1.82, 2.24) is 10.6 Å². The average molecular weight is 306 g/mol. The summed E-state index contributed by atoms with van der Waals surface area (Å²) in [6.07, 6.45) is -0.189. The van der Waals surface area contributed by atoms with Gasteiger partial charge in [-0.05, 0) is 57.5 Å². The molecule has 0 aliphatic carbocycles. The van der Waals surface area contributed by atoms with Gasteiger partial charge in [0.05, 0.1) is 12.3 Å². The summed E-state index contributed by atoms with van der Waals surface area (Å²) >= 11 is 0. The van der Waals surface area contributed by atoms with Crippen molar-refractivity contribution in [2.24, 2.45) is 0 Å². The van der Waals surface area contributed by atoms with Gasteiger partial charge in [0.25, 0.3) is 0 Å². The fourth-order valence-corrected chi connectivity index (χ4v) is 2.09. The molecule has 0 heterocycles. The summed E-state index contributed by atoms with van der Waals surface area (Å²) in [6.45, 7) is 8.80. The monoisotopic (exact) mass is 306 g/mol. The average Bonchev–Trinajstić information content (AvgIpc) is 2.52. The molecule has 0 spiro atoms. The Morgan fingerprint density at radius 1 is 1.18 bits per heavy atom. The smallest absolute Gasteiger partial charge is 0.248 e. The van der Waals surface area contributed by atoms with Gasteiger partial charge in [0.2, 0.25) is 5.91 Å². The number of rotatable bonds is 8. The Balaban J connectivity index is 3.11. The first-order chi connectivity index (χ1) is 10.5. The minimum absolute atomic E-state index is 0.125. The minimum atomic E-state index is -0.189. The maximum Gasteiger partial charge on any atom is 0.248 e. The van der Waals surface area contributed by atoms with E-state index in [1.165, 1.54) is 0 Å². The number of nitrogens with one attached hydrogen (secondary N) is 2. The quantitative estimate of drug-likeness (QED) is 0.572. The van der Waals surface area contributed by atoms with Crippen LogP contribution in [0, 0.1) is 0 Å². The van der Waals surface area contributed by atoms with Crippen molar-refractivity contribution in [2.45, 2.75) is 33.9 Å². The van der Waals surface area contributed by atoms with E-state index >= 15 is 0 Å². The topological polar surface area (TPSA) is 59.6 Å². The summed E-state index contributed by atoms with van der Waals surface area (Å²) in [5.41, 5.74) is 2.28. The molecular weight excluding hydrogens is 280 g/mol. The number of likely N-dealkylation sites (N-methyl/N-ethyl adjacent to an activating group) is 1. The van der Waals surface area contributed by atoms with Crippen LogP contribution in [0.25, 0.3) is 5.70 Å². The number of ether oxygens (including phenoxy) is 2. The van der Waals surface area contributed by atoms with E-state index in [1.54, 1.807) is 14.0 Å². The molecule has 0 aromatic heterocycles. The lowest BCUT2D eigenvalue weighted by atomic mass is 10.1. The molecule has 0 bridgehead atoms. The second kappa shape index (κ2) is 9.10. The molecule has 5 nitrogen and oxygen atoms in total. The van der Waals surface area contributed by atoms with Crippen LogP contribution in [0.2, 0.25) is 0 Å². The van der Waals surface area contributed by atoms with Crippen LogP contribution in [0.15, 0.2) is 29.8 Å². The molecule has 22 heavy (non-hydrogen) atoms. The second-order valence-corrected chi connectivity index (χ2v) is 4.78. The van der Waals surface area contributed by atoms with Crippen LogP contribution < -0.4 is 15.4 Å². The van der Waals surface area contributed by atoms with Crippen LogP contribution in [0.1, 0.15) is 33.3 Å². The molecule has 1 rings (SSSR count). The van der Waals surface area contributed by atoms with Gasteiger partial charge in [0.15, 0.2) is 0 Å². The lowest BCUT2D eigenvalue weighted by molar-refractivity contribution is -0.116. The zero-order valence-electron chi connectivity index (χ0n) is 14.0. The predicted octanol–water partition coefficient (Wildman–Crippen LogP) is 2.53. The van der Waals surface area contributed by atoms with E-state index in [1.807, 2.05) is 45.0 Å². The molecule has 0 aliphatic rings. The Labute approximate surface area is 132 Å². The van der Waals surface area contributed by atoms with Crippen LogP contribution in [0.4, 0.5) is 0 Å². The highest BCUT2D eigenvalue weighted by Gasteiger charge is 2.14. The predicted molar refractivity (Wildman–Crippen MR) is 88.5 cm³/mol. The zero-order valence-corrected chi connectivity index (χ0v) is 14.0. The highest BCUT2D eigenvalue weighted by Crippen LogP contribution is 2.21. The fraction of sp³-hybridized carbons (Fsp3) is 0.471. The van der Waals surface area contributed by atoms with E-state index in [0.29, 0.717) is 18.8 Å². The molecule has 5 heteroatoms. The lowest BCUT2D eigenvalue weighted by Gasteiger charge is -2.20. The first kappa shape index (κ1) is 18.0. The maximum absolute atomic E-state index is 12.0. The van der Waals surface area contributed by atoms with Crippen LogP contribution in [-0.2, 0) is 9.53 Å². The molecule has 1 atom stereocenters. The van der Waals surface area contributed by atoms with E-state index in [2.05, 4.69) is 10.6 Å². The fourth-order valence-electron chi connectivity index (χ4n) is 2.09. The summed E-state index contributed by atoms with van der Waals surface area (Å²) in [7, 11) is 1.62. The molecule has 122 valence electrons. The number of carbonyl (C=O) groups excluding carboxylic acids is 1. The first-order valence-corrected chi connectivity index (χ1v) is 7.57. The van der Waals surface area contributed by atoms with Crippen molar-refractivity contribution in [1.29, 1.82) is 0 Å². The van der Waals surface area contributed by atoms with Gasteiger partial charge >= 0.3 is 0 Å². The number of carbonyl (C=O) groups is 1. The van der Waals surface area contributed by atoms with Crippen molar-refractivity contribution in [3.8, 4) is 5.75 Å². The summed E-state index contributed by atoms with van der Waals surface area (Å²) in [6, 6.07) is 7.64. The summed E-state index contributed by atoms with van der Waals surface area (Å²) in [4.78, 5) is 12.0. The summed E-state index contributed by atoms with van der Waals surface area (Å²) < 4.78 is 11.0. The van der Waals surface area contributed by atoms with Gasteiger partial charge in [0, 0.05) is 19.2 Å². The summed E-state index contributed by atoms with van der Waals surface area (Å²) in [5, 5.41) is 5.91. The SMILES string of the molecule is CCOc1ccc(/C(NC(C)OCC)=C(/C)C(=O)NC)cc1. The Morgan fingerprint density at radius 3 is 2.32 bits per heavy atom. The Hall–Kier alpha value is -2.01. The minimum Gasteiger partial charge on any atom is -0.494 e. The largest absolute Gasteiger partial charge is 0.494 e. The highest BCUT2D eigenvalue weighted by molar-refractivity contribution is 6.00. The van der Waals surface area contributed by atoms with Gasteiger partial charge in [-0.3, -0.25) is 4.79 Å². The van der Waals surface area contributed by atoms with Crippen molar-refractivity contribution in [3.63, 3.8) is 0 Å². The standard InChI is InChI=1S/C17H26N2O3/c1-6-21-13(4)19-16(12(3)17(20)18-5)14-8-10-15(11-9-14)22-7-2/h8-11,13,19H,6-7H2,1-5H3,(H,18,20)/b16-12+. The van der Waals surface area contributed by atoms with Crippen LogP contribution in [0.3, 0.4) is 0 Å². The molecular formula is C17H26N2O3.